The van der Waals surface area contributed by atoms with Gasteiger partial charge in [-0.3, -0.25) is 9.59 Å². The largest absolute Gasteiger partial charge is 0.397 e. The third kappa shape index (κ3) is 10.2. The van der Waals surface area contributed by atoms with E-state index in [9.17, 15) is 14.7 Å². The molecule has 264 valence electrons. The van der Waals surface area contributed by atoms with Gasteiger partial charge >= 0.3 is 0 Å². The Hall–Kier alpha value is -4.59. The van der Waals surface area contributed by atoms with Crippen molar-refractivity contribution in [1.82, 2.24) is 15.5 Å². The molecule has 4 aromatic carbocycles. The summed E-state index contributed by atoms with van der Waals surface area (Å²) in [7, 11) is 0. The number of nitrogens with one attached hydrogen (secondary N) is 2. The first-order valence-corrected chi connectivity index (χ1v) is 18.7. The van der Waals surface area contributed by atoms with Gasteiger partial charge in [0, 0.05) is 37.1 Å². The fraction of sp³-hybridized carbons (Fsp3) is 0.282. The molecule has 12 heteroatoms. The molecule has 0 aliphatic carbocycles. The van der Waals surface area contributed by atoms with Crippen LogP contribution in [-0.4, -0.2) is 39.0 Å². The number of benzene rings is 4. The third-order valence-corrected chi connectivity index (χ3v) is 10.6. The minimum Gasteiger partial charge on any atom is -0.397 e. The molecule has 2 heterocycles. The van der Waals surface area contributed by atoms with Crippen LogP contribution in [-0.2, 0) is 32.2 Å². The van der Waals surface area contributed by atoms with Gasteiger partial charge in [-0.1, -0.05) is 102 Å². The number of nitrogen functional groups attached to an aromatic ring is 1. The number of carbonyl (C=O) groups excluding carboxylic acids is 2. The Morgan fingerprint density at radius 2 is 1.65 bits per heavy atom. The summed E-state index contributed by atoms with van der Waals surface area (Å²) in [5.41, 5.74) is 12.8. The van der Waals surface area contributed by atoms with Crippen LogP contribution in [0.25, 0.3) is 11.1 Å². The highest BCUT2D eigenvalue weighted by Crippen LogP contribution is 2.40. The topological polar surface area (TPSA) is 149 Å². The van der Waals surface area contributed by atoms with Crippen LogP contribution in [0.15, 0.2) is 101 Å². The van der Waals surface area contributed by atoms with E-state index in [2.05, 4.69) is 39.0 Å². The number of amides is 2. The molecule has 0 saturated carbocycles. The fourth-order valence-corrected chi connectivity index (χ4v) is 7.60. The van der Waals surface area contributed by atoms with Crippen LogP contribution in [0.3, 0.4) is 0 Å². The maximum absolute atomic E-state index is 12.5. The molecule has 1 aliphatic heterocycles. The van der Waals surface area contributed by atoms with E-state index >= 15 is 0 Å². The summed E-state index contributed by atoms with van der Waals surface area (Å²) in [5, 5.41) is 24.6. The molecule has 0 radical (unpaired) electrons. The van der Waals surface area contributed by atoms with Gasteiger partial charge in [-0.15, -0.1) is 10.2 Å². The first-order chi connectivity index (χ1) is 24.8. The summed E-state index contributed by atoms with van der Waals surface area (Å²) in [6.45, 7) is 2.33. The Morgan fingerprint density at radius 3 is 2.39 bits per heavy atom. The van der Waals surface area contributed by atoms with Crippen molar-refractivity contribution in [2.75, 3.05) is 16.8 Å². The van der Waals surface area contributed by atoms with Crippen molar-refractivity contribution in [3.05, 3.63) is 124 Å². The number of hydrogen-bond acceptors (Lipinski definition) is 10. The van der Waals surface area contributed by atoms with Crippen LogP contribution in [0.4, 0.5) is 11.4 Å². The maximum Gasteiger partial charge on any atom is 0.224 e. The van der Waals surface area contributed by atoms with Gasteiger partial charge in [0.15, 0.2) is 10.6 Å². The van der Waals surface area contributed by atoms with Gasteiger partial charge in [-0.2, -0.15) is 0 Å². The molecular weight excluding hydrogens is 683 g/mol. The van der Waals surface area contributed by atoms with E-state index in [-0.39, 0.29) is 43.5 Å². The van der Waals surface area contributed by atoms with Crippen molar-refractivity contribution >= 4 is 46.3 Å². The highest BCUT2D eigenvalue weighted by Gasteiger charge is 2.32. The lowest BCUT2D eigenvalue weighted by atomic mass is 9.99. The zero-order valence-corrected chi connectivity index (χ0v) is 29.9. The van der Waals surface area contributed by atoms with E-state index in [1.807, 2.05) is 67.6 Å². The van der Waals surface area contributed by atoms with Crippen molar-refractivity contribution in [2.45, 2.75) is 68.6 Å². The number of para-hydroxylation sites is 2. The normalized spacial score (nSPS) is 17.2. The average molecular weight is 724 g/mol. The number of rotatable bonds is 14. The van der Waals surface area contributed by atoms with E-state index in [0.717, 1.165) is 48.5 Å². The second kappa shape index (κ2) is 17.6. The lowest BCUT2D eigenvalue weighted by Gasteiger charge is -2.36. The average Bonchev–Trinajstić information content (AvgIpc) is 3.59. The minimum atomic E-state index is -0.554. The molecule has 3 atom stereocenters. The smallest absolute Gasteiger partial charge is 0.224 e. The van der Waals surface area contributed by atoms with E-state index in [0.29, 0.717) is 30.8 Å². The quantitative estimate of drug-likeness (QED) is 0.0682. The number of ether oxygens (including phenoxy) is 2. The third-order valence-electron chi connectivity index (χ3n) is 8.49. The minimum absolute atomic E-state index is 0.00401. The Labute approximate surface area is 305 Å². The number of nitrogens with zero attached hydrogens (tertiary/aromatic N) is 2. The summed E-state index contributed by atoms with van der Waals surface area (Å²) < 4.78 is 13.9. The number of thioether (sulfide) groups is 1. The molecular formula is C39H41N5O5S2. The van der Waals surface area contributed by atoms with Gasteiger partial charge in [0.1, 0.15) is 5.01 Å². The Bertz CT molecular complexity index is 1920. The van der Waals surface area contributed by atoms with Gasteiger partial charge in [-0.05, 0) is 59.4 Å². The molecule has 1 aliphatic rings. The number of aromatic nitrogens is 2. The van der Waals surface area contributed by atoms with Gasteiger partial charge < -0.3 is 30.9 Å². The van der Waals surface area contributed by atoms with Crippen molar-refractivity contribution < 1.29 is 24.2 Å². The lowest BCUT2D eigenvalue weighted by Crippen LogP contribution is -2.31. The lowest BCUT2D eigenvalue weighted by molar-refractivity contribution is -0.245. The summed E-state index contributed by atoms with van der Waals surface area (Å²) in [6.07, 6.45) is 0.812. The molecule has 3 unspecified atom stereocenters. The van der Waals surface area contributed by atoms with Crippen molar-refractivity contribution in [2.24, 2.45) is 0 Å². The van der Waals surface area contributed by atoms with Gasteiger partial charge in [0.25, 0.3) is 0 Å². The predicted octanol–water partition coefficient (Wildman–Crippen LogP) is 7.35. The number of anilines is 2. The number of aliphatic hydroxyl groups excluding tert-OH is 1. The van der Waals surface area contributed by atoms with Crippen molar-refractivity contribution in [3.63, 3.8) is 0 Å². The number of nitrogens with two attached hydrogens (primary N) is 1. The van der Waals surface area contributed by atoms with Crippen LogP contribution >= 0.6 is 23.1 Å². The number of hydrogen-bond donors (Lipinski definition) is 4. The molecule has 0 spiro atoms. The van der Waals surface area contributed by atoms with E-state index < -0.39 is 6.29 Å². The summed E-state index contributed by atoms with van der Waals surface area (Å²) >= 11 is 3.22. The Balaban J connectivity index is 1.04. The summed E-state index contributed by atoms with van der Waals surface area (Å²) in [5.74, 6) is 0.440. The zero-order valence-electron chi connectivity index (χ0n) is 28.3. The number of aliphatic hydroxyl groups is 1. The molecule has 0 bridgehead atoms. The molecule has 1 aromatic heterocycles. The van der Waals surface area contributed by atoms with Gasteiger partial charge in [0.05, 0.1) is 30.2 Å². The Morgan fingerprint density at radius 1 is 0.882 bits per heavy atom. The second-order valence-corrected chi connectivity index (χ2v) is 14.8. The molecule has 6 rings (SSSR count). The van der Waals surface area contributed by atoms with Crippen LogP contribution in [0.1, 0.15) is 65.3 Å². The van der Waals surface area contributed by atoms with Crippen molar-refractivity contribution in [3.8, 4) is 11.1 Å². The first kappa shape index (κ1) is 36.2. The highest BCUT2D eigenvalue weighted by molar-refractivity contribution is 8.01. The summed E-state index contributed by atoms with van der Waals surface area (Å²) in [6, 6.07) is 31.2. The van der Waals surface area contributed by atoms with Crippen LogP contribution in [0.5, 0.6) is 0 Å². The molecule has 1 fully saturated rings. The van der Waals surface area contributed by atoms with Crippen LogP contribution in [0, 0.1) is 6.92 Å². The second-order valence-electron chi connectivity index (χ2n) is 12.3. The molecule has 2 amide bonds. The van der Waals surface area contributed by atoms with Crippen LogP contribution < -0.4 is 16.4 Å². The monoisotopic (exact) mass is 723 g/mol. The first-order valence-electron chi connectivity index (χ1n) is 16.9. The van der Waals surface area contributed by atoms with E-state index in [1.165, 1.54) is 0 Å². The molecule has 5 aromatic rings. The molecule has 5 N–H and O–H groups in total. The van der Waals surface area contributed by atoms with Gasteiger partial charge in [-0.25, -0.2) is 0 Å². The number of carbonyl (C=O) groups is 2. The highest BCUT2D eigenvalue weighted by atomic mass is 32.2. The van der Waals surface area contributed by atoms with E-state index in [4.69, 9.17) is 15.2 Å². The fourth-order valence-electron chi connectivity index (χ4n) is 5.74. The van der Waals surface area contributed by atoms with E-state index in [1.54, 1.807) is 41.3 Å². The zero-order chi connectivity index (χ0) is 35.6. The molecule has 51 heavy (non-hydrogen) atoms. The molecule has 10 nitrogen and oxygen atoms in total. The van der Waals surface area contributed by atoms with Crippen LogP contribution in [0.2, 0.25) is 0 Å². The number of aryl methyl sites for hydroxylation is 1. The predicted molar refractivity (Wildman–Crippen MR) is 201 cm³/mol. The van der Waals surface area contributed by atoms with Crippen molar-refractivity contribution in [1.29, 1.82) is 0 Å². The Kier molecular flexibility index (Phi) is 12.5. The summed E-state index contributed by atoms with van der Waals surface area (Å²) in [4.78, 5) is 24.8. The SMILES string of the molecule is Cc1nnc(SCC2CC(c3ccc(CO)cc3)OC(c3ccc(-c4cccc(CNC(=O)CCCC(=O)Nc5ccccc5N)c4)cc3)O2)s1. The standard InChI is InChI=1S/C39H41N5O5S2/c1-25-43-44-39(51-25)50-24-32-21-35(29-14-12-26(23-45)13-15-29)49-38(48-32)30-18-16-28(17-19-30)31-7-4-6-27(20-31)22-41-36(46)10-5-11-37(47)42-34-9-3-2-8-33(34)40/h2-4,6-9,12-20,32,35,38,45H,5,10-11,21-24,40H2,1H3,(H,41,46)(H,42,47). The van der Waals surface area contributed by atoms with Gasteiger partial charge in [0.2, 0.25) is 11.8 Å². The maximum atomic E-state index is 12.5. The molecule has 1 saturated heterocycles.